The number of likely N-dealkylation sites (tertiary alicyclic amines) is 2. The Morgan fingerprint density at radius 3 is 1.94 bits per heavy atom. The summed E-state index contributed by atoms with van der Waals surface area (Å²) in [4.78, 5) is 8.19. The van der Waals surface area contributed by atoms with Gasteiger partial charge in [-0.1, -0.05) is 12.1 Å². The second-order valence-electron chi connectivity index (χ2n) is 16.4. The molecule has 1 aromatic heterocycles. The molecule has 0 radical (unpaired) electrons. The molecule has 11 nitrogen and oxygen atoms in total. The number of aromatic amines is 1. The zero-order chi connectivity index (χ0) is 32.3. The lowest BCUT2D eigenvalue weighted by Gasteiger charge is -2.63. The summed E-state index contributed by atoms with van der Waals surface area (Å²) in [5.41, 5.74) is 9.76. The van der Waals surface area contributed by atoms with Crippen molar-refractivity contribution in [3.8, 4) is 23.0 Å². The van der Waals surface area contributed by atoms with E-state index in [1.807, 2.05) is 17.0 Å². The number of aromatic nitrogens is 1. The molecule has 12 rings (SSSR count). The Hall–Kier alpha value is -3.93. The highest BCUT2D eigenvalue weighted by Gasteiger charge is 2.76. The van der Waals surface area contributed by atoms with E-state index in [0.717, 1.165) is 64.3 Å². The van der Waals surface area contributed by atoms with Crippen LogP contribution in [0, 0.1) is 11.3 Å². The van der Waals surface area contributed by atoms with Crippen LogP contribution in [0.15, 0.2) is 24.3 Å². The number of benzene rings is 2. The number of rotatable bonds is 2. The fourth-order valence-corrected chi connectivity index (χ4v) is 12.7. The van der Waals surface area contributed by atoms with Crippen molar-refractivity contribution in [2.24, 2.45) is 11.7 Å². The number of phenolic OH excluding ortho intramolecular Hbond substituents is 2. The third-order valence-electron chi connectivity index (χ3n) is 14.7. The molecule has 11 heteroatoms. The number of nitrogens with two attached hydrogens (primary N) is 1. The summed E-state index contributed by atoms with van der Waals surface area (Å²) in [6, 6.07) is 6.80. The Labute approximate surface area is 276 Å². The van der Waals surface area contributed by atoms with Crippen LogP contribution in [-0.2, 0) is 36.5 Å². The summed E-state index contributed by atoms with van der Waals surface area (Å²) in [6.07, 6.45) is 4.42. The largest absolute Gasteiger partial charge is 0.504 e. The maximum Gasteiger partial charge on any atom is 0.188 e. The summed E-state index contributed by atoms with van der Waals surface area (Å²) >= 11 is 0. The fraction of sp³-hybridized carbons (Fsp3) is 0.541. The minimum absolute atomic E-state index is 0.0575. The van der Waals surface area contributed by atoms with Crippen LogP contribution < -0.4 is 15.2 Å². The van der Waals surface area contributed by atoms with E-state index in [4.69, 9.17) is 20.6 Å². The summed E-state index contributed by atoms with van der Waals surface area (Å²) in [6.45, 7) is 2.34. The summed E-state index contributed by atoms with van der Waals surface area (Å²) in [7, 11) is 0. The number of fused-ring (bicyclic) bond motifs is 5. The van der Waals surface area contributed by atoms with E-state index in [1.165, 1.54) is 12.8 Å². The molecule has 5 heterocycles. The number of piperidine rings is 2. The molecule has 2 saturated heterocycles. The first-order valence-electron chi connectivity index (χ1n) is 17.7. The van der Waals surface area contributed by atoms with Crippen LogP contribution in [0.1, 0.15) is 82.7 Å². The lowest BCUT2D eigenvalue weighted by molar-refractivity contribution is -0.174. The summed E-state index contributed by atoms with van der Waals surface area (Å²) < 4.78 is 13.7. The van der Waals surface area contributed by atoms with Gasteiger partial charge in [0, 0.05) is 43.1 Å². The number of ether oxygens (including phenoxy) is 2. The summed E-state index contributed by atoms with van der Waals surface area (Å²) in [5, 5.41) is 57.4. The maximum absolute atomic E-state index is 13.4. The molecule has 2 aromatic carbocycles. The lowest BCUT2D eigenvalue weighted by atomic mass is 9.47. The van der Waals surface area contributed by atoms with Gasteiger partial charge in [0.05, 0.1) is 33.9 Å². The zero-order valence-corrected chi connectivity index (χ0v) is 26.6. The van der Waals surface area contributed by atoms with Gasteiger partial charge in [-0.3, -0.25) is 10.3 Å². The highest BCUT2D eigenvalue weighted by atomic mass is 16.5. The second kappa shape index (κ2) is 7.93. The van der Waals surface area contributed by atoms with E-state index in [0.29, 0.717) is 56.1 Å². The molecule has 4 aliphatic heterocycles. The van der Waals surface area contributed by atoms with E-state index in [1.54, 1.807) is 12.1 Å². The first-order valence-corrected chi connectivity index (χ1v) is 17.7. The van der Waals surface area contributed by atoms with E-state index in [9.17, 15) is 20.4 Å². The molecular weight excluding hydrogens is 610 g/mol. The van der Waals surface area contributed by atoms with Crippen molar-refractivity contribution >= 4 is 5.96 Å². The number of guanidine groups is 1. The monoisotopic (exact) mass is 649 g/mol. The second-order valence-corrected chi connectivity index (χ2v) is 16.4. The van der Waals surface area contributed by atoms with Gasteiger partial charge in [-0.05, 0) is 85.4 Å². The standard InChI is InChI=1S/C37H39N5O6/c38-33(39)42-10-8-35-26-18-4-6-22(44)30(26)48-32(35)28-20(14-37(35,46)24(42)12-18)19-13-36(45)23-11-17-3-5-21(43)29-25(17)34(36,31(47-29)27(19)40-28)7-9-41(23)15-16-1-2-16/h3-6,16,23-24,31-32,40,43-46H,1-2,7-15H2,(H3,38,39)/t23-,24+,31+,32+,34+,35+,36-,37-/m1/s1. The van der Waals surface area contributed by atoms with Crippen LogP contribution in [-0.4, -0.2) is 84.1 Å². The van der Waals surface area contributed by atoms with Gasteiger partial charge in [0.25, 0.3) is 0 Å². The Kier molecular flexibility index (Phi) is 4.45. The van der Waals surface area contributed by atoms with Crippen LogP contribution >= 0.6 is 0 Å². The van der Waals surface area contributed by atoms with Gasteiger partial charge < -0.3 is 45.5 Å². The van der Waals surface area contributed by atoms with Crippen LogP contribution in [0.4, 0.5) is 0 Å². The fourth-order valence-electron chi connectivity index (χ4n) is 12.7. The molecule has 8 N–H and O–H groups in total. The van der Waals surface area contributed by atoms with Crippen LogP contribution in [0.5, 0.6) is 23.0 Å². The lowest BCUT2D eigenvalue weighted by Crippen LogP contribution is -2.75. The quantitative estimate of drug-likeness (QED) is 0.163. The maximum atomic E-state index is 13.4. The molecule has 48 heavy (non-hydrogen) atoms. The Balaban J connectivity index is 1.10. The predicted octanol–water partition coefficient (Wildman–Crippen LogP) is 2.31. The van der Waals surface area contributed by atoms with Crippen molar-refractivity contribution < 1.29 is 29.9 Å². The van der Waals surface area contributed by atoms with Crippen molar-refractivity contribution in [2.45, 2.75) is 97.7 Å². The third kappa shape index (κ3) is 2.60. The Bertz CT molecular complexity index is 2060. The first kappa shape index (κ1) is 27.0. The molecule has 8 atom stereocenters. The average molecular weight is 650 g/mol. The number of nitrogens with zero attached hydrogens (tertiary/aromatic N) is 2. The van der Waals surface area contributed by atoms with Crippen molar-refractivity contribution in [3.05, 3.63) is 69.0 Å². The van der Waals surface area contributed by atoms with Crippen molar-refractivity contribution in [2.75, 3.05) is 19.6 Å². The smallest absolute Gasteiger partial charge is 0.188 e. The Morgan fingerprint density at radius 1 is 0.833 bits per heavy atom. The molecule has 9 aliphatic rings. The number of hydrogen-bond donors (Lipinski definition) is 7. The average Bonchev–Trinajstić information content (AvgIpc) is 3.54. The minimum atomic E-state index is -1.35. The normalized spacial score (nSPS) is 39.9. The minimum Gasteiger partial charge on any atom is -0.504 e. The molecule has 3 aromatic rings. The Morgan fingerprint density at radius 2 is 1.38 bits per heavy atom. The predicted molar refractivity (Wildman–Crippen MR) is 172 cm³/mol. The van der Waals surface area contributed by atoms with Crippen LogP contribution in [0.25, 0.3) is 0 Å². The van der Waals surface area contributed by atoms with Gasteiger partial charge >= 0.3 is 0 Å². The van der Waals surface area contributed by atoms with E-state index in [-0.39, 0.29) is 23.5 Å². The van der Waals surface area contributed by atoms with Gasteiger partial charge in [-0.25, -0.2) is 0 Å². The van der Waals surface area contributed by atoms with Gasteiger partial charge in [0.1, 0.15) is 5.60 Å². The van der Waals surface area contributed by atoms with Crippen molar-refractivity contribution in [3.63, 3.8) is 0 Å². The molecule has 2 spiro atoms. The SMILES string of the molecule is N=C(N)N1CC[C@]23c4c5ccc(O)c4O[C@H]2c2[nH]c4c(c2C[C@@]3(O)[C@@H]1C5)C[C@@]1(O)[C@H]2Cc3ccc(O)c5c3[C@@]1(CCN2CC1CC1)[C@H]4O5. The first-order chi connectivity index (χ1) is 23.1. The molecule has 1 saturated carbocycles. The molecule has 0 unspecified atom stereocenters. The van der Waals surface area contributed by atoms with E-state index in [2.05, 4.69) is 9.88 Å². The molecule has 4 bridgehead atoms. The number of hydrogen-bond acceptors (Lipinski definition) is 8. The number of aliphatic hydroxyl groups is 2. The summed E-state index contributed by atoms with van der Waals surface area (Å²) in [5.74, 6) is 1.71. The highest BCUT2D eigenvalue weighted by Crippen LogP contribution is 2.72. The van der Waals surface area contributed by atoms with Gasteiger partial charge in [-0.2, -0.15) is 0 Å². The topological polar surface area (TPSA) is 172 Å². The van der Waals surface area contributed by atoms with Crippen molar-refractivity contribution in [1.29, 1.82) is 5.41 Å². The molecule has 3 fully saturated rings. The number of aromatic hydroxyl groups is 2. The highest BCUT2D eigenvalue weighted by molar-refractivity contribution is 5.77. The molecular formula is C37H39N5O6. The third-order valence-corrected chi connectivity index (χ3v) is 14.7. The van der Waals surface area contributed by atoms with Gasteiger partial charge in [0.15, 0.2) is 41.2 Å². The zero-order valence-electron chi connectivity index (χ0n) is 26.6. The van der Waals surface area contributed by atoms with Crippen LogP contribution in [0.3, 0.4) is 0 Å². The van der Waals surface area contributed by atoms with Gasteiger partial charge in [0.2, 0.25) is 0 Å². The molecule has 0 amide bonds. The van der Waals surface area contributed by atoms with Gasteiger partial charge in [-0.15, -0.1) is 0 Å². The van der Waals surface area contributed by atoms with Crippen molar-refractivity contribution in [1.82, 2.24) is 14.8 Å². The number of phenols is 2. The number of H-pyrrole nitrogens is 1. The van der Waals surface area contributed by atoms with Crippen LogP contribution in [0.2, 0.25) is 0 Å². The number of nitrogens with one attached hydrogen (secondary N) is 2. The molecule has 5 aliphatic carbocycles. The molecule has 248 valence electrons. The van der Waals surface area contributed by atoms with E-state index < -0.39 is 40.3 Å². The van der Waals surface area contributed by atoms with E-state index >= 15 is 0 Å².